The van der Waals surface area contributed by atoms with Crippen molar-refractivity contribution in [2.45, 2.75) is 0 Å². The first-order valence-electron chi connectivity index (χ1n) is 20.9. The zero-order valence-corrected chi connectivity index (χ0v) is 27.1. The number of benzene rings is 10. The first-order valence-corrected chi connectivity index (χ1v) is 16.9. The number of hydrogen-bond acceptors (Lipinski definition) is 1. The molecule has 0 fully saturated rings. The van der Waals surface area contributed by atoms with Crippen molar-refractivity contribution in [1.29, 1.82) is 0 Å². The third-order valence-electron chi connectivity index (χ3n) is 10.3. The SMILES string of the molecule is [2H]c1c([2H])c([2H])c2c(-c3cccc4ccccc34)c3c([2H])c([2H])c([2H])c([2H])c3c(-c3ccc4ccc(-c5ccc6oc7ccc8ccccc8c7c6c5)cc4c3)c2c1[2H]. The van der Waals surface area contributed by atoms with Crippen LogP contribution in [0.1, 0.15) is 11.0 Å². The molecular weight excluding hydrogens is 617 g/mol. The maximum atomic E-state index is 9.41. The van der Waals surface area contributed by atoms with E-state index in [1.807, 2.05) is 97.1 Å². The van der Waals surface area contributed by atoms with E-state index >= 15 is 0 Å². The van der Waals surface area contributed by atoms with Gasteiger partial charge in [0.2, 0.25) is 0 Å². The Balaban J connectivity index is 1.22. The van der Waals surface area contributed by atoms with Crippen molar-refractivity contribution in [1.82, 2.24) is 0 Å². The lowest BCUT2D eigenvalue weighted by Gasteiger charge is -2.19. The van der Waals surface area contributed by atoms with E-state index in [4.69, 9.17) is 9.90 Å². The highest BCUT2D eigenvalue weighted by molar-refractivity contribution is 6.24. The second kappa shape index (κ2) is 10.9. The summed E-state index contributed by atoms with van der Waals surface area (Å²) >= 11 is 0. The molecule has 1 heterocycles. The van der Waals surface area contributed by atoms with Crippen LogP contribution < -0.4 is 0 Å². The fourth-order valence-electron chi connectivity index (χ4n) is 7.94. The Kier molecular flexibility index (Phi) is 4.57. The minimum atomic E-state index is -0.425. The van der Waals surface area contributed by atoms with E-state index in [1.54, 1.807) is 0 Å². The van der Waals surface area contributed by atoms with Crippen LogP contribution in [0.5, 0.6) is 0 Å². The lowest BCUT2D eigenvalue weighted by Crippen LogP contribution is -1.91. The van der Waals surface area contributed by atoms with Crippen LogP contribution in [-0.4, -0.2) is 0 Å². The van der Waals surface area contributed by atoms with Crippen LogP contribution in [0.25, 0.3) is 109 Å². The summed E-state index contributed by atoms with van der Waals surface area (Å²) in [6.07, 6.45) is 0. The predicted octanol–water partition coefficient (Wildman–Crippen LogP) is 14.4. The van der Waals surface area contributed by atoms with Crippen LogP contribution in [0.3, 0.4) is 0 Å². The van der Waals surface area contributed by atoms with Gasteiger partial charge in [-0.2, -0.15) is 0 Å². The van der Waals surface area contributed by atoms with Gasteiger partial charge in [-0.1, -0.05) is 151 Å². The van der Waals surface area contributed by atoms with Gasteiger partial charge in [0.15, 0.2) is 0 Å². The van der Waals surface area contributed by atoms with Crippen LogP contribution in [0.4, 0.5) is 0 Å². The van der Waals surface area contributed by atoms with Crippen molar-refractivity contribution in [2.75, 3.05) is 0 Å². The molecule has 1 heteroatoms. The van der Waals surface area contributed by atoms with Crippen molar-refractivity contribution in [2.24, 2.45) is 0 Å². The molecule has 0 spiro atoms. The fraction of sp³-hybridized carbons (Fsp3) is 0. The molecule has 0 saturated carbocycles. The first-order chi connectivity index (χ1) is 28.6. The predicted molar refractivity (Wildman–Crippen MR) is 218 cm³/mol. The van der Waals surface area contributed by atoms with E-state index in [0.29, 0.717) is 22.3 Å². The molecule has 0 aliphatic heterocycles. The first kappa shape index (κ1) is 21.4. The molecule has 0 aliphatic carbocycles. The van der Waals surface area contributed by atoms with E-state index in [9.17, 15) is 5.48 Å². The van der Waals surface area contributed by atoms with Gasteiger partial charge in [-0.25, -0.2) is 0 Å². The Bertz CT molecular complexity index is 3580. The summed E-state index contributed by atoms with van der Waals surface area (Å²) in [6, 6.07) is 41.0. The van der Waals surface area contributed by atoms with Crippen molar-refractivity contribution in [3.05, 3.63) is 182 Å². The molecule has 1 nitrogen and oxygen atoms in total. The molecule has 0 saturated heterocycles. The zero-order valence-electron chi connectivity index (χ0n) is 35.1. The Labute approximate surface area is 305 Å². The topological polar surface area (TPSA) is 13.1 Å². The van der Waals surface area contributed by atoms with Crippen LogP contribution >= 0.6 is 0 Å². The summed E-state index contributed by atoms with van der Waals surface area (Å²) in [6.45, 7) is 0. The summed E-state index contributed by atoms with van der Waals surface area (Å²) in [5, 5.41) is 8.55. The van der Waals surface area contributed by atoms with Crippen molar-refractivity contribution < 1.29 is 15.4 Å². The highest BCUT2D eigenvalue weighted by atomic mass is 16.3. The second-order valence-corrected chi connectivity index (χ2v) is 13.0. The summed E-state index contributed by atoms with van der Waals surface area (Å²) in [4.78, 5) is 0. The van der Waals surface area contributed by atoms with Gasteiger partial charge in [0, 0.05) is 10.8 Å². The molecule has 0 bridgehead atoms. The highest BCUT2D eigenvalue weighted by Gasteiger charge is 2.18. The van der Waals surface area contributed by atoms with Gasteiger partial charge in [0.1, 0.15) is 11.2 Å². The minimum Gasteiger partial charge on any atom is -0.456 e. The number of hydrogen-bond donors (Lipinski definition) is 0. The standard InChI is InChI=1S/C50H30O/c1-3-13-38-32(10-1)12-9-19-40(38)49-43-17-7-5-15-41(43)48(42-16-6-8-18-44(42)49)36-23-21-31-20-22-34(28-37(31)29-36)35-25-26-46-45(30-35)50-39-14-4-2-11-33(39)24-27-47(50)51-46/h1-30H/i5D,6D,7D,8D,15D,16D,17D,18D. The number of rotatable bonds is 3. The van der Waals surface area contributed by atoms with Crippen LogP contribution in [-0.2, 0) is 0 Å². The highest BCUT2D eigenvalue weighted by Crippen LogP contribution is 2.46. The number of fused-ring (bicyclic) bond motifs is 9. The normalized spacial score (nSPS) is 14.1. The van der Waals surface area contributed by atoms with E-state index in [1.165, 1.54) is 0 Å². The molecule has 0 aliphatic rings. The van der Waals surface area contributed by atoms with Crippen LogP contribution in [0.2, 0.25) is 0 Å². The maximum absolute atomic E-state index is 9.41. The molecule has 0 N–H and O–H groups in total. The summed E-state index contributed by atoms with van der Waals surface area (Å²) in [7, 11) is 0. The summed E-state index contributed by atoms with van der Waals surface area (Å²) < 4.78 is 79.2. The smallest absolute Gasteiger partial charge is 0.136 e. The lowest BCUT2D eigenvalue weighted by atomic mass is 9.84. The van der Waals surface area contributed by atoms with Gasteiger partial charge in [-0.3, -0.25) is 0 Å². The molecule has 11 aromatic rings. The minimum absolute atomic E-state index is 0.191. The molecule has 10 aromatic carbocycles. The van der Waals surface area contributed by atoms with Gasteiger partial charge in [-0.15, -0.1) is 0 Å². The molecule has 11 rings (SSSR count). The largest absolute Gasteiger partial charge is 0.456 e. The zero-order chi connectivity index (χ0) is 40.4. The second-order valence-electron chi connectivity index (χ2n) is 13.0. The summed E-state index contributed by atoms with van der Waals surface area (Å²) in [5.74, 6) is 0. The van der Waals surface area contributed by atoms with Gasteiger partial charge in [0.05, 0.1) is 11.0 Å². The fourth-order valence-corrected chi connectivity index (χ4v) is 7.94. The van der Waals surface area contributed by atoms with E-state index in [2.05, 4.69) is 36.4 Å². The average Bonchev–Trinajstić information content (AvgIpc) is 3.66. The summed E-state index contributed by atoms with van der Waals surface area (Å²) in [5.41, 5.74) is 5.39. The third-order valence-corrected chi connectivity index (χ3v) is 10.3. The van der Waals surface area contributed by atoms with Gasteiger partial charge >= 0.3 is 0 Å². The molecular formula is C50H30O. The Morgan fingerprint density at radius 1 is 0.353 bits per heavy atom. The average molecular weight is 655 g/mol. The van der Waals surface area contributed by atoms with Crippen LogP contribution in [0, 0.1) is 0 Å². The van der Waals surface area contributed by atoms with Gasteiger partial charge < -0.3 is 4.42 Å². The Hall–Kier alpha value is -6.70. The quantitative estimate of drug-likeness (QED) is 0.173. The van der Waals surface area contributed by atoms with E-state index < -0.39 is 24.2 Å². The lowest BCUT2D eigenvalue weighted by molar-refractivity contribution is 0.669. The van der Waals surface area contributed by atoms with E-state index in [-0.39, 0.29) is 45.7 Å². The molecule has 0 amide bonds. The molecule has 51 heavy (non-hydrogen) atoms. The van der Waals surface area contributed by atoms with Crippen molar-refractivity contribution in [3.63, 3.8) is 0 Å². The molecule has 236 valence electrons. The van der Waals surface area contributed by atoms with Gasteiger partial charge in [-0.05, 0) is 118 Å². The Morgan fingerprint density at radius 2 is 0.902 bits per heavy atom. The van der Waals surface area contributed by atoms with Crippen molar-refractivity contribution >= 4 is 75.8 Å². The molecule has 0 radical (unpaired) electrons. The Morgan fingerprint density at radius 3 is 1.67 bits per heavy atom. The van der Waals surface area contributed by atoms with Crippen molar-refractivity contribution in [3.8, 4) is 33.4 Å². The molecule has 0 unspecified atom stereocenters. The van der Waals surface area contributed by atoms with E-state index in [0.717, 1.165) is 65.4 Å². The molecule has 0 atom stereocenters. The molecule has 1 aromatic heterocycles. The third kappa shape index (κ3) is 4.28. The maximum Gasteiger partial charge on any atom is 0.136 e. The monoisotopic (exact) mass is 654 g/mol. The number of furan rings is 1. The van der Waals surface area contributed by atoms with Crippen LogP contribution in [0.15, 0.2) is 186 Å². The van der Waals surface area contributed by atoms with Gasteiger partial charge in [0.25, 0.3) is 0 Å².